The average Bonchev–Trinajstić information content (AvgIpc) is 3.43. The number of nitrogens with one attached hydrogen (secondary N) is 1. The average molecular weight is 508 g/mol. The Morgan fingerprint density at radius 3 is 2.50 bits per heavy atom. The Labute approximate surface area is 207 Å². The van der Waals surface area contributed by atoms with Crippen LogP contribution in [0.5, 0.6) is 0 Å². The molecule has 36 heavy (non-hydrogen) atoms. The van der Waals surface area contributed by atoms with Crippen molar-refractivity contribution in [3.8, 4) is 11.3 Å². The first kappa shape index (κ1) is 24.0. The lowest BCUT2D eigenvalue weighted by atomic mass is 9.59. The van der Waals surface area contributed by atoms with Crippen LogP contribution in [0.2, 0.25) is 0 Å². The van der Waals surface area contributed by atoms with E-state index in [1.165, 1.54) is 0 Å². The fourth-order valence-electron chi connectivity index (χ4n) is 5.76. The van der Waals surface area contributed by atoms with E-state index < -0.39 is 17.4 Å². The molecule has 4 heterocycles. The summed E-state index contributed by atoms with van der Waals surface area (Å²) in [7, 11) is 0. The molecule has 0 bridgehead atoms. The van der Waals surface area contributed by atoms with Gasteiger partial charge in [-0.1, -0.05) is 6.42 Å². The molecule has 1 amide bonds. The summed E-state index contributed by atoms with van der Waals surface area (Å²) in [5.41, 5.74) is 1.06. The minimum Gasteiger partial charge on any atom is -0.455 e. The number of carbonyl (C=O) groups is 1. The van der Waals surface area contributed by atoms with E-state index in [0.717, 1.165) is 31.7 Å². The number of halogens is 2. The highest BCUT2D eigenvalue weighted by Gasteiger charge is 2.50. The predicted octanol–water partition coefficient (Wildman–Crippen LogP) is 2.79. The minimum atomic E-state index is -3.31. The minimum absolute atomic E-state index is 0.145. The monoisotopic (exact) mass is 507 g/mol. The van der Waals surface area contributed by atoms with Crippen molar-refractivity contribution < 1.29 is 36.9 Å². The van der Waals surface area contributed by atoms with Gasteiger partial charge in [-0.15, -0.1) is 0 Å². The molecule has 0 aromatic carbocycles. The molecule has 9 nitrogen and oxygen atoms in total. The van der Waals surface area contributed by atoms with Crippen LogP contribution < -0.4 is 5.32 Å². The van der Waals surface area contributed by atoms with Gasteiger partial charge in [-0.3, -0.25) is 9.48 Å². The van der Waals surface area contributed by atoms with E-state index in [1.54, 1.807) is 4.68 Å². The van der Waals surface area contributed by atoms with Gasteiger partial charge >= 0.3 is 0 Å². The van der Waals surface area contributed by atoms with Crippen LogP contribution in [0.1, 0.15) is 53.6 Å². The SMILES string of the molecule is CC(F)(F)c1c(C(=O)NC[C@@H]2COCCO2)oc2c1-c1nn(C[C@H]3COCCO3)cc1C1(CCC1)C2. The highest BCUT2D eigenvalue weighted by Crippen LogP contribution is 2.56. The smallest absolute Gasteiger partial charge is 0.287 e. The zero-order valence-corrected chi connectivity index (χ0v) is 20.3. The number of fused-ring (bicyclic) bond motifs is 4. The van der Waals surface area contributed by atoms with Gasteiger partial charge in [0.05, 0.1) is 63.4 Å². The first-order chi connectivity index (χ1) is 17.3. The van der Waals surface area contributed by atoms with E-state index in [0.29, 0.717) is 64.1 Å². The number of alkyl halides is 2. The molecular formula is C25H31F2N3O6. The molecule has 1 N–H and O–H groups in total. The lowest BCUT2D eigenvalue weighted by Gasteiger charge is -2.43. The van der Waals surface area contributed by atoms with Crippen molar-refractivity contribution >= 4 is 5.91 Å². The van der Waals surface area contributed by atoms with Crippen molar-refractivity contribution in [3.05, 3.63) is 28.8 Å². The van der Waals surface area contributed by atoms with Crippen molar-refractivity contribution in [2.75, 3.05) is 46.2 Å². The quantitative estimate of drug-likeness (QED) is 0.642. The summed E-state index contributed by atoms with van der Waals surface area (Å²) >= 11 is 0. The van der Waals surface area contributed by atoms with Crippen molar-refractivity contribution in [3.63, 3.8) is 0 Å². The number of carbonyl (C=O) groups excluding carboxylic acids is 1. The van der Waals surface area contributed by atoms with Gasteiger partial charge in [-0.05, 0) is 12.8 Å². The Bertz CT molecular complexity index is 1120. The molecule has 2 aliphatic heterocycles. The number of furan rings is 1. The number of aromatic nitrogens is 2. The maximum atomic E-state index is 15.1. The van der Waals surface area contributed by atoms with Gasteiger partial charge in [0.2, 0.25) is 5.76 Å². The van der Waals surface area contributed by atoms with E-state index in [2.05, 4.69) is 5.32 Å². The Hall–Kier alpha value is -2.34. The topological polar surface area (TPSA) is 97.0 Å². The molecule has 2 saturated heterocycles. The van der Waals surface area contributed by atoms with Gasteiger partial charge in [-0.2, -0.15) is 5.10 Å². The largest absolute Gasteiger partial charge is 0.455 e. The third-order valence-electron chi connectivity index (χ3n) is 7.66. The van der Waals surface area contributed by atoms with Crippen LogP contribution in [0.25, 0.3) is 11.3 Å². The highest BCUT2D eigenvalue weighted by atomic mass is 19.3. The summed E-state index contributed by atoms with van der Waals surface area (Å²) in [6, 6.07) is 0. The molecule has 3 fully saturated rings. The van der Waals surface area contributed by atoms with Crippen LogP contribution in [0.3, 0.4) is 0 Å². The third kappa shape index (κ3) is 4.25. The van der Waals surface area contributed by atoms with Crippen molar-refractivity contribution in [1.82, 2.24) is 15.1 Å². The van der Waals surface area contributed by atoms with Crippen LogP contribution in [-0.4, -0.2) is 74.1 Å². The second kappa shape index (κ2) is 9.20. The van der Waals surface area contributed by atoms with Crippen LogP contribution in [0.15, 0.2) is 10.6 Å². The molecule has 4 aliphatic rings. The van der Waals surface area contributed by atoms with Gasteiger partial charge in [0.1, 0.15) is 17.6 Å². The second-order valence-electron chi connectivity index (χ2n) is 10.3. The van der Waals surface area contributed by atoms with Gasteiger partial charge in [0, 0.05) is 37.1 Å². The van der Waals surface area contributed by atoms with Crippen LogP contribution in [0, 0.1) is 0 Å². The molecule has 2 aliphatic carbocycles. The van der Waals surface area contributed by atoms with Gasteiger partial charge in [0.25, 0.3) is 11.8 Å². The van der Waals surface area contributed by atoms with Crippen molar-refractivity contribution in [2.45, 2.75) is 62.7 Å². The summed E-state index contributed by atoms with van der Waals surface area (Å²) in [6.07, 6.45) is 4.85. The Morgan fingerprint density at radius 2 is 1.89 bits per heavy atom. The zero-order valence-electron chi connectivity index (χ0n) is 20.3. The van der Waals surface area contributed by atoms with Crippen molar-refractivity contribution in [1.29, 1.82) is 0 Å². The second-order valence-corrected chi connectivity index (χ2v) is 10.3. The molecule has 1 spiro atoms. The van der Waals surface area contributed by atoms with E-state index in [4.69, 9.17) is 28.5 Å². The summed E-state index contributed by atoms with van der Waals surface area (Å²) < 4.78 is 60.1. The van der Waals surface area contributed by atoms with Crippen LogP contribution in [-0.2, 0) is 43.3 Å². The van der Waals surface area contributed by atoms with E-state index in [9.17, 15) is 4.79 Å². The molecule has 2 aromatic heterocycles. The number of nitrogens with zero attached hydrogens (tertiary/aromatic N) is 2. The molecular weight excluding hydrogens is 476 g/mol. The molecule has 196 valence electrons. The molecule has 0 unspecified atom stereocenters. The first-order valence-electron chi connectivity index (χ1n) is 12.6. The standard InChI is InChI=1S/C25H31F2N3O6/c1-24(26,27)20-19-18(36-22(20)23(31)28-10-15-13-32-5-7-34-15)9-25(3-2-4-25)17-12-30(29-21(17)19)11-16-14-33-6-8-35-16/h12,15-16H,2-11,13-14H2,1H3,(H,28,31)/t15-,16+/m1/s1. The summed E-state index contributed by atoms with van der Waals surface area (Å²) in [4.78, 5) is 13.1. The number of hydrogen-bond acceptors (Lipinski definition) is 7. The molecule has 0 radical (unpaired) electrons. The fourth-order valence-corrected chi connectivity index (χ4v) is 5.76. The molecule has 6 rings (SSSR count). The molecule has 2 aromatic rings. The zero-order chi connectivity index (χ0) is 24.9. The third-order valence-corrected chi connectivity index (χ3v) is 7.66. The molecule has 2 atom stereocenters. The molecule has 11 heteroatoms. The number of rotatable bonds is 6. The lowest BCUT2D eigenvalue weighted by Crippen LogP contribution is -2.40. The fraction of sp³-hybridized carbons (Fsp3) is 0.680. The maximum absolute atomic E-state index is 15.1. The summed E-state index contributed by atoms with van der Waals surface area (Å²) in [6.45, 7) is 4.21. The first-order valence-corrected chi connectivity index (χ1v) is 12.6. The van der Waals surface area contributed by atoms with Gasteiger partial charge in [-0.25, -0.2) is 8.78 Å². The van der Waals surface area contributed by atoms with Crippen LogP contribution >= 0.6 is 0 Å². The molecule has 1 saturated carbocycles. The van der Waals surface area contributed by atoms with E-state index >= 15 is 8.78 Å². The predicted molar refractivity (Wildman–Crippen MR) is 122 cm³/mol. The van der Waals surface area contributed by atoms with Crippen LogP contribution in [0.4, 0.5) is 8.78 Å². The lowest BCUT2D eigenvalue weighted by molar-refractivity contribution is -0.0946. The van der Waals surface area contributed by atoms with Gasteiger partial charge in [0.15, 0.2) is 0 Å². The number of ether oxygens (including phenoxy) is 4. The normalized spacial score (nSPS) is 25.2. The number of hydrogen-bond donors (Lipinski definition) is 1. The van der Waals surface area contributed by atoms with Crippen molar-refractivity contribution in [2.24, 2.45) is 0 Å². The van der Waals surface area contributed by atoms with E-state index in [1.807, 2.05) is 6.20 Å². The Kier molecular flexibility index (Phi) is 6.14. The van der Waals surface area contributed by atoms with E-state index in [-0.39, 0.29) is 35.5 Å². The maximum Gasteiger partial charge on any atom is 0.287 e. The van der Waals surface area contributed by atoms with Gasteiger partial charge < -0.3 is 28.7 Å². The summed E-state index contributed by atoms with van der Waals surface area (Å²) in [5, 5.41) is 7.44. The Balaban J connectivity index is 1.35. The Morgan fingerprint density at radius 1 is 1.17 bits per heavy atom. The summed E-state index contributed by atoms with van der Waals surface area (Å²) in [5.74, 6) is -3.94. The number of amides is 1. The highest BCUT2D eigenvalue weighted by molar-refractivity contribution is 5.96.